The molecule has 0 amide bonds. The number of benzene rings is 3. The fourth-order valence-electron chi connectivity index (χ4n) is 6.16. The van der Waals surface area contributed by atoms with Crippen molar-refractivity contribution in [3.05, 3.63) is 112 Å². The first-order chi connectivity index (χ1) is 21.3. The summed E-state index contributed by atoms with van der Waals surface area (Å²) < 4.78 is 12.7. The molecule has 0 saturated heterocycles. The van der Waals surface area contributed by atoms with Crippen LogP contribution < -0.4 is 0 Å². The van der Waals surface area contributed by atoms with Gasteiger partial charge in [0.1, 0.15) is 0 Å². The van der Waals surface area contributed by atoms with Crippen LogP contribution in [0.2, 0.25) is 0 Å². The van der Waals surface area contributed by atoms with E-state index in [0.29, 0.717) is 18.2 Å². The minimum absolute atomic E-state index is 0.0202. The average Bonchev–Trinajstić information content (AvgIpc) is 3.46. The van der Waals surface area contributed by atoms with Gasteiger partial charge in [-0.05, 0) is 0 Å². The number of rotatable bonds is 6. The van der Waals surface area contributed by atoms with E-state index < -0.39 is 21.2 Å². The summed E-state index contributed by atoms with van der Waals surface area (Å²) in [5.74, 6) is 1.15. The number of halogens is 2. The Kier molecular flexibility index (Phi) is 9.20. The molecule has 6 atom stereocenters. The molecular weight excluding hydrogens is 782 g/mol. The Morgan fingerprint density at radius 3 is 1.80 bits per heavy atom. The second kappa shape index (κ2) is 12.6. The van der Waals surface area contributed by atoms with E-state index in [1.54, 1.807) is 0 Å². The van der Waals surface area contributed by atoms with Crippen LogP contribution in [0.25, 0.3) is 16.7 Å². The number of ether oxygens (including phenoxy) is 2. The average molecular weight is 818 g/mol. The molecule has 0 saturated carbocycles. The van der Waals surface area contributed by atoms with Gasteiger partial charge in [0.15, 0.2) is 0 Å². The Hall–Kier alpha value is -1.97. The molecule has 0 bridgehead atoms. The van der Waals surface area contributed by atoms with Crippen molar-refractivity contribution in [3.63, 3.8) is 0 Å². The van der Waals surface area contributed by atoms with Crippen LogP contribution in [0, 0.1) is 20.8 Å². The normalized spacial score (nSPS) is 29.6. The van der Waals surface area contributed by atoms with Crippen LogP contribution in [0.4, 0.5) is 0 Å². The van der Waals surface area contributed by atoms with E-state index in [2.05, 4.69) is 146 Å². The van der Waals surface area contributed by atoms with Crippen molar-refractivity contribution in [1.82, 2.24) is 0 Å². The first-order valence-electron chi connectivity index (χ1n) is 15.0. The summed E-state index contributed by atoms with van der Waals surface area (Å²) in [5.41, 5.74) is 10.0. The molecule has 0 fully saturated rings. The van der Waals surface area contributed by atoms with Gasteiger partial charge >= 0.3 is 301 Å². The van der Waals surface area contributed by atoms with Crippen LogP contribution in [0.15, 0.2) is 93.9 Å². The van der Waals surface area contributed by atoms with Gasteiger partial charge in [0.05, 0.1) is 0 Å². The first-order valence-corrected chi connectivity index (χ1v) is 18.0. The van der Waals surface area contributed by atoms with Gasteiger partial charge in [-0.1, -0.05) is 0 Å². The van der Waals surface area contributed by atoms with Gasteiger partial charge in [0, 0.05) is 0 Å². The number of alkyl halides is 2. The maximum atomic E-state index is 6.38. The van der Waals surface area contributed by atoms with Gasteiger partial charge in [-0.2, -0.15) is 0 Å². The second-order valence-corrected chi connectivity index (χ2v) is 15.8. The fraction of sp³-hybridized carbons (Fsp3) is 0.351. The summed E-state index contributed by atoms with van der Waals surface area (Å²) in [4.78, 5) is 10.4. The van der Waals surface area contributed by atoms with Crippen LogP contribution in [0.3, 0.4) is 0 Å². The van der Waals surface area contributed by atoms with E-state index in [1.807, 2.05) is 0 Å². The fourth-order valence-corrected chi connectivity index (χ4v) is 7.97. The molecule has 3 aliphatic rings. The summed E-state index contributed by atoms with van der Waals surface area (Å²) in [7, 11) is 0. The molecule has 3 aromatic carbocycles. The predicted octanol–water partition coefficient (Wildman–Crippen LogP) is 9.08. The zero-order valence-corrected chi connectivity index (χ0v) is 31.2. The zero-order chi connectivity index (χ0) is 32.3. The molecule has 3 aromatic rings. The zero-order valence-electron chi connectivity index (χ0n) is 26.0. The topological polar surface area (TPSA) is 43.2 Å². The molecule has 2 heterocycles. The van der Waals surface area contributed by atoms with E-state index in [0.717, 1.165) is 33.4 Å². The molecule has 0 radical (unpaired) electrons. The summed E-state index contributed by atoms with van der Waals surface area (Å²) in [6.07, 6.45) is 2.70. The van der Waals surface area contributed by atoms with Gasteiger partial charge in [0.2, 0.25) is 0 Å². The van der Waals surface area contributed by atoms with Crippen molar-refractivity contribution in [3.8, 4) is 11.1 Å². The van der Waals surface area contributed by atoms with Crippen molar-refractivity contribution in [2.24, 2.45) is 9.98 Å². The Bertz CT molecular complexity index is 1770. The molecule has 2 aliphatic heterocycles. The maximum absolute atomic E-state index is 6.38. The molecule has 4 unspecified atom stereocenters. The molecule has 4 nitrogen and oxygen atoms in total. The second-order valence-electron chi connectivity index (χ2n) is 12.8. The summed E-state index contributed by atoms with van der Waals surface area (Å²) in [6.45, 7) is 12.6. The van der Waals surface area contributed by atoms with E-state index in [9.17, 15) is 0 Å². The number of hydrogen-bond acceptors (Lipinski definition) is 4. The quantitative estimate of drug-likeness (QED) is 0.184. The molecule has 0 spiro atoms. The molecular formula is C37H36Br2N2Ni2O2. The molecule has 45 heavy (non-hydrogen) atoms. The number of aliphatic imine (C=N–C) groups is 2. The number of nitrogens with zero attached hydrogens (tertiary/aromatic N) is 2. The Morgan fingerprint density at radius 2 is 1.20 bits per heavy atom. The number of hydrogen-bond donors (Lipinski definition) is 0. The van der Waals surface area contributed by atoms with E-state index in [4.69, 9.17) is 50.4 Å². The molecule has 0 aromatic heterocycles. The first kappa shape index (κ1) is 32.9. The third-order valence-corrected chi connectivity index (χ3v) is 13.3. The van der Waals surface area contributed by atoms with Crippen LogP contribution >= 0.6 is 31.9 Å². The SMILES string of the molecule is CC1=C(c2ccc(C)cc2)C=C(C2=N[C@](C)(C[C@@]3(C)N=C(c4ccc(C)c(-c5ccc(C)cc5)c4)O[CH]3[Ni])[CH]([Ni])O2)C(Br)C1Br. The number of allylic oxidation sites excluding steroid dienone is 3. The van der Waals surface area contributed by atoms with Crippen molar-refractivity contribution >= 4 is 49.2 Å². The van der Waals surface area contributed by atoms with E-state index in [1.165, 1.54) is 22.3 Å². The van der Waals surface area contributed by atoms with Gasteiger partial charge in [-0.15, -0.1) is 0 Å². The predicted molar refractivity (Wildman–Crippen MR) is 184 cm³/mol. The monoisotopic (exact) mass is 814 g/mol. The van der Waals surface area contributed by atoms with Crippen LogP contribution in [-0.2, 0) is 40.4 Å². The standard InChI is InChI=1S/C37H36Br2N2O2.2Ni/c1-22-7-12-26(13-8-22)29-17-28(16-11-24(29)3)34-40-36(5,20-42-34)19-37(6)21-43-35(41-37)31-18-30(25(4)32(38)33(31)39)27-14-9-23(2)10-15-27;;/h7-18,20-21,32-33H,19H2,1-6H3;;/t32?,33?,36-,37-;;/m1../s1. The van der Waals surface area contributed by atoms with Crippen LogP contribution in [0.5, 0.6) is 0 Å². The summed E-state index contributed by atoms with van der Waals surface area (Å²) in [6, 6.07) is 23.5. The van der Waals surface area contributed by atoms with Crippen molar-refractivity contribution in [1.29, 1.82) is 0 Å². The van der Waals surface area contributed by atoms with Crippen molar-refractivity contribution < 1.29 is 40.4 Å². The third kappa shape index (κ3) is 6.34. The minimum atomic E-state index is -0.702. The van der Waals surface area contributed by atoms with E-state index in [-0.39, 0.29) is 9.65 Å². The summed E-state index contributed by atoms with van der Waals surface area (Å²) in [5, 5.41) is -1.06. The molecule has 6 rings (SSSR count). The van der Waals surface area contributed by atoms with Crippen LogP contribution in [0.1, 0.15) is 55.0 Å². The van der Waals surface area contributed by atoms with E-state index >= 15 is 0 Å². The van der Waals surface area contributed by atoms with Crippen LogP contribution in [-0.4, -0.2) is 42.7 Å². The van der Waals surface area contributed by atoms with Gasteiger partial charge < -0.3 is 0 Å². The summed E-state index contributed by atoms with van der Waals surface area (Å²) >= 11 is 18.9. The molecule has 1 aliphatic carbocycles. The van der Waals surface area contributed by atoms with Crippen molar-refractivity contribution in [2.75, 3.05) is 0 Å². The molecule has 8 heteroatoms. The van der Waals surface area contributed by atoms with Gasteiger partial charge in [0.25, 0.3) is 0 Å². The molecule has 0 N–H and O–H groups in total. The molecule has 240 valence electrons. The third-order valence-electron chi connectivity index (χ3n) is 8.90. The van der Waals surface area contributed by atoms with Crippen molar-refractivity contribution in [2.45, 2.75) is 78.8 Å². The Balaban J connectivity index is 1.30. The Morgan fingerprint density at radius 1 is 0.689 bits per heavy atom. The van der Waals surface area contributed by atoms with Gasteiger partial charge in [-0.25, -0.2) is 0 Å². The van der Waals surface area contributed by atoms with Gasteiger partial charge in [-0.3, -0.25) is 0 Å². The Labute approximate surface area is 299 Å². The number of aryl methyl sites for hydroxylation is 3.